The highest BCUT2D eigenvalue weighted by Gasteiger charge is 2.22. The molecule has 1 aliphatic heterocycles. The molecule has 1 aliphatic rings. The maximum atomic E-state index is 14.7. The first-order chi connectivity index (χ1) is 17.5. The third-order valence-corrected chi connectivity index (χ3v) is 7.16. The first-order valence-corrected chi connectivity index (χ1v) is 12.0. The molecule has 0 unspecified atom stereocenters. The highest BCUT2D eigenvalue weighted by atomic mass is 19.1. The standard InChI is InChI=1S/C27H25FN8/c1-29-22-5-4-18(11-21(22)28)24-25(19-10-20-13-33-35(3)27(20)31-12-19)30-14-23-26(24)32-16-36(23)15-17-6-8-34(2)9-7-17/h4-5,10-14,16-17H,6-9,15H2,2-3H3. The summed E-state index contributed by atoms with van der Waals surface area (Å²) in [7, 11) is 4.01. The molecule has 6 rings (SSSR count). The summed E-state index contributed by atoms with van der Waals surface area (Å²) in [6, 6.07) is 6.67. The first-order valence-electron chi connectivity index (χ1n) is 12.0. The lowest BCUT2D eigenvalue weighted by Crippen LogP contribution is -2.31. The highest BCUT2D eigenvalue weighted by Crippen LogP contribution is 2.38. The van der Waals surface area contributed by atoms with E-state index in [2.05, 4.69) is 31.4 Å². The minimum absolute atomic E-state index is 0.00771. The van der Waals surface area contributed by atoms with Crippen LogP contribution in [0.3, 0.4) is 0 Å². The van der Waals surface area contributed by atoms with E-state index in [9.17, 15) is 4.39 Å². The number of aromatic nitrogens is 6. The van der Waals surface area contributed by atoms with Gasteiger partial charge in [0.25, 0.3) is 0 Å². The van der Waals surface area contributed by atoms with Crippen LogP contribution in [0.4, 0.5) is 10.1 Å². The van der Waals surface area contributed by atoms with E-state index in [1.807, 2.05) is 25.6 Å². The molecule has 0 atom stereocenters. The Kier molecular flexibility index (Phi) is 5.46. The van der Waals surface area contributed by atoms with Gasteiger partial charge in [-0.05, 0) is 56.6 Å². The van der Waals surface area contributed by atoms with Crippen LogP contribution in [0, 0.1) is 18.3 Å². The van der Waals surface area contributed by atoms with Crippen molar-refractivity contribution in [3.63, 3.8) is 0 Å². The number of hydrogen-bond acceptors (Lipinski definition) is 5. The second kappa shape index (κ2) is 8.81. The van der Waals surface area contributed by atoms with Crippen molar-refractivity contribution in [1.82, 2.24) is 34.2 Å². The molecule has 0 spiro atoms. The van der Waals surface area contributed by atoms with E-state index >= 15 is 0 Å². The van der Waals surface area contributed by atoms with Gasteiger partial charge >= 0.3 is 0 Å². The monoisotopic (exact) mass is 480 g/mol. The van der Waals surface area contributed by atoms with Crippen LogP contribution in [-0.2, 0) is 13.6 Å². The second-order valence-corrected chi connectivity index (χ2v) is 9.54. The summed E-state index contributed by atoms with van der Waals surface area (Å²) in [5.74, 6) is 0.0198. The van der Waals surface area contributed by atoms with Crippen LogP contribution in [0.1, 0.15) is 12.8 Å². The molecular weight excluding hydrogens is 455 g/mol. The van der Waals surface area contributed by atoms with Gasteiger partial charge in [-0.3, -0.25) is 9.67 Å². The Morgan fingerprint density at radius 3 is 2.64 bits per heavy atom. The Labute approximate surface area is 207 Å². The van der Waals surface area contributed by atoms with Crippen molar-refractivity contribution < 1.29 is 4.39 Å². The normalized spacial score (nSPS) is 15.1. The summed E-state index contributed by atoms with van der Waals surface area (Å²) in [6.07, 6.45) is 9.55. The number of fused-ring (bicyclic) bond motifs is 2. The van der Waals surface area contributed by atoms with Crippen LogP contribution in [0.5, 0.6) is 0 Å². The van der Waals surface area contributed by atoms with Crippen LogP contribution < -0.4 is 0 Å². The Hall–Kier alpha value is -4.16. The fraction of sp³-hybridized carbons (Fsp3) is 0.296. The smallest absolute Gasteiger partial charge is 0.222 e. The Morgan fingerprint density at radius 2 is 1.86 bits per heavy atom. The predicted molar refractivity (Wildman–Crippen MR) is 137 cm³/mol. The minimum atomic E-state index is -0.558. The molecule has 5 aromatic rings. The van der Waals surface area contributed by atoms with Crippen molar-refractivity contribution in [2.75, 3.05) is 20.1 Å². The van der Waals surface area contributed by atoms with Gasteiger partial charge in [0, 0.05) is 36.3 Å². The molecule has 4 aromatic heterocycles. The van der Waals surface area contributed by atoms with Crippen molar-refractivity contribution in [3.05, 3.63) is 66.4 Å². The number of likely N-dealkylation sites (tertiary alicyclic amines) is 1. The SMILES string of the molecule is [C-]#[N+]c1ccc(-c2c(-c3cnc4c(cnn4C)c3)ncc3c2ncn3CC2CCN(C)CC2)cc1F. The van der Waals surface area contributed by atoms with E-state index in [1.54, 1.807) is 23.1 Å². The predicted octanol–water partition coefficient (Wildman–Crippen LogP) is 5.08. The minimum Gasteiger partial charge on any atom is -0.329 e. The Bertz CT molecular complexity index is 1640. The van der Waals surface area contributed by atoms with Crippen LogP contribution >= 0.6 is 0 Å². The maximum absolute atomic E-state index is 14.7. The lowest BCUT2D eigenvalue weighted by molar-refractivity contribution is 0.206. The van der Waals surface area contributed by atoms with Gasteiger partial charge in [0.05, 0.1) is 36.5 Å². The number of benzene rings is 1. The van der Waals surface area contributed by atoms with Gasteiger partial charge in [0.2, 0.25) is 5.69 Å². The molecule has 0 aliphatic carbocycles. The number of nitrogens with zero attached hydrogens (tertiary/aromatic N) is 8. The quantitative estimate of drug-likeness (QED) is 0.336. The fourth-order valence-corrected chi connectivity index (χ4v) is 5.11. The molecule has 1 fully saturated rings. The zero-order chi connectivity index (χ0) is 24.8. The number of hydrogen-bond donors (Lipinski definition) is 0. The average molecular weight is 481 g/mol. The molecule has 8 nitrogen and oxygen atoms in total. The zero-order valence-electron chi connectivity index (χ0n) is 20.2. The summed E-state index contributed by atoms with van der Waals surface area (Å²) in [4.78, 5) is 19.9. The Morgan fingerprint density at radius 1 is 1.03 bits per heavy atom. The molecule has 36 heavy (non-hydrogen) atoms. The molecule has 0 radical (unpaired) electrons. The van der Waals surface area contributed by atoms with Crippen LogP contribution in [-0.4, -0.2) is 54.3 Å². The third kappa shape index (κ3) is 3.80. The number of piperidine rings is 1. The van der Waals surface area contributed by atoms with E-state index in [0.29, 0.717) is 17.2 Å². The summed E-state index contributed by atoms with van der Waals surface area (Å²) in [5.41, 5.74) is 5.26. The zero-order valence-corrected chi connectivity index (χ0v) is 20.2. The Balaban J connectivity index is 1.51. The van der Waals surface area contributed by atoms with Crippen molar-refractivity contribution >= 4 is 27.8 Å². The molecule has 0 saturated carbocycles. The number of halogens is 1. The second-order valence-electron chi connectivity index (χ2n) is 9.54. The number of imidazole rings is 1. The van der Waals surface area contributed by atoms with Gasteiger partial charge in [-0.2, -0.15) is 5.10 Å². The molecular formula is C27H25FN8. The van der Waals surface area contributed by atoms with Gasteiger partial charge in [-0.15, -0.1) is 0 Å². The summed E-state index contributed by atoms with van der Waals surface area (Å²) in [6.45, 7) is 10.3. The fourth-order valence-electron chi connectivity index (χ4n) is 5.11. The van der Waals surface area contributed by atoms with Crippen molar-refractivity contribution in [1.29, 1.82) is 0 Å². The number of aryl methyl sites for hydroxylation is 1. The summed E-state index contributed by atoms with van der Waals surface area (Å²) >= 11 is 0. The molecule has 9 heteroatoms. The van der Waals surface area contributed by atoms with Crippen LogP contribution in [0.25, 0.3) is 49.3 Å². The molecule has 0 N–H and O–H groups in total. The van der Waals surface area contributed by atoms with Crippen molar-refractivity contribution in [2.45, 2.75) is 19.4 Å². The average Bonchev–Trinajstić information content (AvgIpc) is 3.47. The topological polar surface area (TPSA) is 69.0 Å². The lowest BCUT2D eigenvalue weighted by atomic mass is 9.96. The number of pyridine rings is 2. The number of rotatable bonds is 4. The van der Waals surface area contributed by atoms with E-state index < -0.39 is 5.82 Å². The lowest BCUT2D eigenvalue weighted by Gasteiger charge is -2.29. The van der Waals surface area contributed by atoms with Gasteiger partial charge < -0.3 is 9.47 Å². The molecule has 1 saturated heterocycles. The highest BCUT2D eigenvalue weighted by molar-refractivity contribution is 6.00. The van der Waals surface area contributed by atoms with E-state index in [4.69, 9.17) is 16.5 Å². The van der Waals surface area contributed by atoms with E-state index in [-0.39, 0.29) is 5.69 Å². The van der Waals surface area contributed by atoms with Crippen molar-refractivity contribution in [2.24, 2.45) is 13.0 Å². The molecule has 1 aromatic carbocycles. The van der Waals surface area contributed by atoms with Gasteiger partial charge in [-0.25, -0.2) is 19.2 Å². The summed E-state index contributed by atoms with van der Waals surface area (Å²) in [5, 5.41) is 5.19. The summed E-state index contributed by atoms with van der Waals surface area (Å²) < 4.78 is 18.6. The van der Waals surface area contributed by atoms with Gasteiger partial charge in [-0.1, -0.05) is 12.1 Å². The van der Waals surface area contributed by atoms with E-state index in [1.165, 1.54) is 12.1 Å². The van der Waals surface area contributed by atoms with Gasteiger partial charge in [0.15, 0.2) is 5.65 Å². The van der Waals surface area contributed by atoms with E-state index in [0.717, 1.165) is 65.7 Å². The molecule has 5 heterocycles. The largest absolute Gasteiger partial charge is 0.329 e. The first kappa shape index (κ1) is 22.3. The maximum Gasteiger partial charge on any atom is 0.222 e. The van der Waals surface area contributed by atoms with Crippen LogP contribution in [0.2, 0.25) is 0 Å². The van der Waals surface area contributed by atoms with Crippen LogP contribution in [0.15, 0.2) is 49.2 Å². The van der Waals surface area contributed by atoms with Crippen molar-refractivity contribution in [3.8, 4) is 22.4 Å². The molecule has 0 bridgehead atoms. The van der Waals surface area contributed by atoms with Gasteiger partial charge in [0.1, 0.15) is 11.3 Å². The third-order valence-electron chi connectivity index (χ3n) is 7.16. The molecule has 180 valence electrons. The molecule has 0 amide bonds.